The molecule has 3 nitrogen and oxygen atoms in total. The van der Waals surface area contributed by atoms with E-state index in [1.165, 1.54) is 0 Å². The zero-order valence-electron chi connectivity index (χ0n) is 10.4. The number of carbonyl (C=O) groups excluding carboxylic acids is 1. The van der Waals surface area contributed by atoms with Crippen LogP contribution in [0.2, 0.25) is 5.02 Å². The van der Waals surface area contributed by atoms with Crippen LogP contribution in [0, 0.1) is 0 Å². The number of aldehydes is 1. The first-order valence-corrected chi connectivity index (χ1v) is 5.98. The summed E-state index contributed by atoms with van der Waals surface area (Å²) < 4.78 is 5.08. The second kappa shape index (κ2) is 6.62. The zero-order chi connectivity index (χ0) is 12.8. The molecule has 0 N–H and O–H groups in total. The van der Waals surface area contributed by atoms with Crippen LogP contribution in [0.15, 0.2) is 18.2 Å². The summed E-state index contributed by atoms with van der Waals surface area (Å²) in [5.41, 5.74) is 1.40. The SMILES string of the molecule is COCCN(c1cccc(Cl)c1C=O)C(C)C. The van der Waals surface area contributed by atoms with Crippen LogP contribution in [0.25, 0.3) is 0 Å². The summed E-state index contributed by atoms with van der Waals surface area (Å²) in [7, 11) is 1.66. The fourth-order valence-electron chi connectivity index (χ4n) is 1.74. The fraction of sp³-hybridized carbons (Fsp3) is 0.462. The van der Waals surface area contributed by atoms with Crippen LogP contribution in [0.4, 0.5) is 5.69 Å². The van der Waals surface area contributed by atoms with Gasteiger partial charge in [0.05, 0.1) is 17.2 Å². The van der Waals surface area contributed by atoms with Gasteiger partial charge in [-0.1, -0.05) is 17.7 Å². The van der Waals surface area contributed by atoms with Crippen LogP contribution in [-0.4, -0.2) is 32.6 Å². The van der Waals surface area contributed by atoms with Gasteiger partial charge in [-0.15, -0.1) is 0 Å². The molecule has 1 rings (SSSR count). The van der Waals surface area contributed by atoms with Gasteiger partial charge < -0.3 is 9.64 Å². The highest BCUT2D eigenvalue weighted by atomic mass is 35.5. The Labute approximate surface area is 107 Å². The highest BCUT2D eigenvalue weighted by molar-refractivity contribution is 6.33. The largest absolute Gasteiger partial charge is 0.383 e. The molecular weight excluding hydrogens is 238 g/mol. The van der Waals surface area contributed by atoms with Gasteiger partial charge in [0.15, 0.2) is 6.29 Å². The first kappa shape index (κ1) is 14.0. The molecule has 0 atom stereocenters. The minimum absolute atomic E-state index is 0.280. The molecule has 1 aromatic rings. The second-order valence-electron chi connectivity index (χ2n) is 4.07. The summed E-state index contributed by atoms with van der Waals surface area (Å²) in [6, 6.07) is 5.77. The minimum Gasteiger partial charge on any atom is -0.383 e. The number of rotatable bonds is 6. The summed E-state index contributed by atoms with van der Waals surface area (Å²) in [6.07, 6.45) is 0.805. The van der Waals surface area contributed by atoms with Crippen molar-refractivity contribution in [3.63, 3.8) is 0 Å². The Morgan fingerprint density at radius 1 is 1.47 bits per heavy atom. The third kappa shape index (κ3) is 3.45. The quantitative estimate of drug-likeness (QED) is 0.732. The molecule has 0 bridgehead atoms. The molecule has 0 fully saturated rings. The van der Waals surface area contributed by atoms with Crippen LogP contribution in [0.3, 0.4) is 0 Å². The fourth-order valence-corrected chi connectivity index (χ4v) is 1.95. The molecule has 0 radical (unpaired) electrons. The van der Waals surface area contributed by atoms with E-state index >= 15 is 0 Å². The van der Waals surface area contributed by atoms with Crippen LogP contribution >= 0.6 is 11.6 Å². The van der Waals surface area contributed by atoms with Gasteiger partial charge in [0.1, 0.15) is 0 Å². The number of anilines is 1. The number of hydrogen-bond donors (Lipinski definition) is 0. The van der Waals surface area contributed by atoms with E-state index < -0.39 is 0 Å². The lowest BCUT2D eigenvalue weighted by atomic mass is 10.1. The van der Waals surface area contributed by atoms with E-state index in [0.717, 1.165) is 18.5 Å². The molecule has 0 saturated heterocycles. The van der Waals surface area contributed by atoms with Gasteiger partial charge in [-0.25, -0.2) is 0 Å². The Kier molecular flexibility index (Phi) is 5.45. The Bertz CT molecular complexity index is 380. The highest BCUT2D eigenvalue weighted by Crippen LogP contribution is 2.27. The molecule has 0 spiro atoms. The monoisotopic (exact) mass is 255 g/mol. The predicted octanol–water partition coefficient (Wildman–Crippen LogP) is 3.01. The van der Waals surface area contributed by atoms with Crippen LogP contribution in [0.1, 0.15) is 24.2 Å². The van der Waals surface area contributed by atoms with E-state index in [-0.39, 0.29) is 6.04 Å². The summed E-state index contributed by atoms with van der Waals surface area (Å²) in [5, 5.41) is 0.487. The topological polar surface area (TPSA) is 29.5 Å². The van der Waals surface area contributed by atoms with Crippen LogP contribution in [0.5, 0.6) is 0 Å². The Hall–Kier alpha value is -1.06. The van der Waals surface area contributed by atoms with E-state index in [9.17, 15) is 4.79 Å². The highest BCUT2D eigenvalue weighted by Gasteiger charge is 2.15. The van der Waals surface area contributed by atoms with Crippen molar-refractivity contribution in [2.75, 3.05) is 25.2 Å². The lowest BCUT2D eigenvalue weighted by Gasteiger charge is -2.30. The molecule has 0 aliphatic carbocycles. The van der Waals surface area contributed by atoms with E-state index in [1.807, 2.05) is 12.1 Å². The van der Waals surface area contributed by atoms with Gasteiger partial charge in [-0.05, 0) is 26.0 Å². The van der Waals surface area contributed by atoms with Gasteiger partial charge in [-0.2, -0.15) is 0 Å². The summed E-state index contributed by atoms with van der Waals surface area (Å²) >= 11 is 6.02. The second-order valence-corrected chi connectivity index (χ2v) is 4.48. The van der Waals surface area contributed by atoms with Crippen LogP contribution < -0.4 is 4.90 Å². The maximum atomic E-state index is 11.1. The molecule has 0 aliphatic rings. The molecule has 0 amide bonds. The minimum atomic E-state index is 0.280. The molecule has 4 heteroatoms. The van der Waals surface area contributed by atoms with Crippen LogP contribution in [-0.2, 0) is 4.74 Å². The molecule has 0 aromatic heterocycles. The van der Waals surface area contributed by atoms with Crippen molar-refractivity contribution in [1.29, 1.82) is 0 Å². The standard InChI is InChI=1S/C13H18ClNO2/c1-10(2)15(7-8-17-3)13-6-4-5-12(14)11(13)9-16/h4-6,9-10H,7-8H2,1-3H3. The maximum Gasteiger partial charge on any atom is 0.153 e. The first-order valence-electron chi connectivity index (χ1n) is 5.61. The zero-order valence-corrected chi connectivity index (χ0v) is 11.2. The Morgan fingerprint density at radius 3 is 2.71 bits per heavy atom. The lowest BCUT2D eigenvalue weighted by molar-refractivity contribution is 0.112. The smallest absolute Gasteiger partial charge is 0.153 e. The molecule has 0 saturated carbocycles. The third-order valence-electron chi connectivity index (χ3n) is 2.62. The molecule has 17 heavy (non-hydrogen) atoms. The van der Waals surface area contributed by atoms with E-state index in [0.29, 0.717) is 17.2 Å². The summed E-state index contributed by atoms with van der Waals surface area (Å²) in [4.78, 5) is 13.2. The summed E-state index contributed by atoms with van der Waals surface area (Å²) in [5.74, 6) is 0. The molecule has 0 unspecified atom stereocenters. The van der Waals surface area contributed by atoms with Gasteiger partial charge in [0, 0.05) is 25.4 Å². The summed E-state index contributed by atoms with van der Waals surface area (Å²) in [6.45, 7) is 5.49. The van der Waals surface area contributed by atoms with Crippen molar-refractivity contribution in [3.8, 4) is 0 Å². The number of methoxy groups -OCH3 is 1. The molecule has 1 aromatic carbocycles. The Morgan fingerprint density at radius 2 is 2.18 bits per heavy atom. The lowest BCUT2D eigenvalue weighted by Crippen LogP contribution is -2.34. The molecule has 0 heterocycles. The van der Waals surface area contributed by atoms with Crippen molar-refractivity contribution < 1.29 is 9.53 Å². The average molecular weight is 256 g/mol. The van der Waals surface area contributed by atoms with Gasteiger partial charge >= 0.3 is 0 Å². The van der Waals surface area contributed by atoms with E-state index in [4.69, 9.17) is 16.3 Å². The normalized spacial score (nSPS) is 10.6. The number of hydrogen-bond acceptors (Lipinski definition) is 3. The van der Waals surface area contributed by atoms with Crippen molar-refractivity contribution in [1.82, 2.24) is 0 Å². The molecular formula is C13H18ClNO2. The van der Waals surface area contributed by atoms with E-state index in [1.54, 1.807) is 13.2 Å². The number of nitrogens with zero attached hydrogens (tertiary/aromatic N) is 1. The van der Waals surface area contributed by atoms with Crippen molar-refractivity contribution in [3.05, 3.63) is 28.8 Å². The van der Waals surface area contributed by atoms with Gasteiger partial charge in [0.25, 0.3) is 0 Å². The molecule has 94 valence electrons. The van der Waals surface area contributed by atoms with Crippen molar-refractivity contribution in [2.24, 2.45) is 0 Å². The number of halogens is 1. The third-order valence-corrected chi connectivity index (χ3v) is 2.95. The van der Waals surface area contributed by atoms with Gasteiger partial charge in [0.2, 0.25) is 0 Å². The van der Waals surface area contributed by atoms with E-state index in [2.05, 4.69) is 18.7 Å². The first-order chi connectivity index (χ1) is 8.11. The maximum absolute atomic E-state index is 11.1. The van der Waals surface area contributed by atoms with Gasteiger partial charge in [-0.3, -0.25) is 4.79 Å². The number of ether oxygens (including phenoxy) is 1. The average Bonchev–Trinajstić information content (AvgIpc) is 2.29. The predicted molar refractivity (Wildman–Crippen MR) is 71.2 cm³/mol. The molecule has 0 aliphatic heterocycles. The van der Waals surface area contributed by atoms with Crippen molar-refractivity contribution in [2.45, 2.75) is 19.9 Å². The van der Waals surface area contributed by atoms with Crippen molar-refractivity contribution >= 4 is 23.6 Å². The number of benzene rings is 1. The Balaban J connectivity index is 3.09. The number of carbonyl (C=O) groups is 1.